The Morgan fingerprint density at radius 2 is 2.11 bits per heavy atom. The van der Waals surface area contributed by atoms with Gasteiger partial charge in [0.2, 0.25) is 5.91 Å². The molecule has 5 nitrogen and oxygen atoms in total. The highest BCUT2D eigenvalue weighted by molar-refractivity contribution is 5.94. The Labute approximate surface area is 106 Å². The van der Waals surface area contributed by atoms with E-state index in [1.807, 2.05) is 0 Å². The summed E-state index contributed by atoms with van der Waals surface area (Å²) in [7, 11) is 1.63. The molecular formula is C13H17N3O2. The lowest BCUT2D eigenvalue weighted by Crippen LogP contribution is -2.44. The second-order valence-corrected chi connectivity index (χ2v) is 4.44. The molecule has 1 aliphatic rings. The molecule has 1 unspecified atom stereocenters. The highest BCUT2D eigenvalue weighted by Crippen LogP contribution is 2.18. The SMILES string of the molecule is CNC(=O)C1CCCN(C(=O)c2ccncc2)C1. The van der Waals surface area contributed by atoms with Crippen LogP contribution in [0.1, 0.15) is 23.2 Å². The van der Waals surface area contributed by atoms with E-state index in [0.29, 0.717) is 18.7 Å². The molecule has 1 fully saturated rings. The normalized spacial score (nSPS) is 19.4. The molecule has 0 spiro atoms. The Kier molecular flexibility index (Phi) is 3.92. The molecule has 2 rings (SSSR count). The Balaban J connectivity index is 2.05. The third-order valence-corrected chi connectivity index (χ3v) is 3.25. The van der Waals surface area contributed by atoms with E-state index >= 15 is 0 Å². The molecule has 0 bridgehead atoms. The topological polar surface area (TPSA) is 62.3 Å². The predicted molar refractivity (Wildman–Crippen MR) is 66.9 cm³/mol. The van der Waals surface area contributed by atoms with E-state index in [0.717, 1.165) is 12.8 Å². The van der Waals surface area contributed by atoms with Gasteiger partial charge in [-0.3, -0.25) is 14.6 Å². The van der Waals surface area contributed by atoms with Gasteiger partial charge >= 0.3 is 0 Å². The summed E-state index contributed by atoms with van der Waals surface area (Å²) < 4.78 is 0. The smallest absolute Gasteiger partial charge is 0.253 e. The molecule has 18 heavy (non-hydrogen) atoms. The Morgan fingerprint density at radius 3 is 2.78 bits per heavy atom. The number of likely N-dealkylation sites (tertiary alicyclic amines) is 1. The zero-order valence-corrected chi connectivity index (χ0v) is 10.4. The van der Waals surface area contributed by atoms with E-state index < -0.39 is 0 Å². The number of aromatic nitrogens is 1. The van der Waals surface area contributed by atoms with Gasteiger partial charge in [0.1, 0.15) is 0 Å². The summed E-state index contributed by atoms with van der Waals surface area (Å²) in [5, 5.41) is 2.65. The lowest BCUT2D eigenvalue weighted by Gasteiger charge is -2.31. The standard InChI is InChI=1S/C13H17N3O2/c1-14-12(17)11-3-2-8-16(9-11)13(18)10-4-6-15-7-5-10/h4-7,11H,2-3,8-9H2,1H3,(H,14,17). The van der Waals surface area contributed by atoms with Crippen molar-refractivity contribution in [3.8, 4) is 0 Å². The van der Waals surface area contributed by atoms with Crippen molar-refractivity contribution >= 4 is 11.8 Å². The minimum atomic E-state index is -0.0884. The van der Waals surface area contributed by atoms with Gasteiger partial charge in [-0.2, -0.15) is 0 Å². The number of hydrogen-bond acceptors (Lipinski definition) is 3. The quantitative estimate of drug-likeness (QED) is 0.836. The van der Waals surface area contributed by atoms with Gasteiger partial charge in [-0.15, -0.1) is 0 Å². The summed E-state index contributed by atoms with van der Waals surface area (Å²) in [5.74, 6) is -0.0947. The van der Waals surface area contributed by atoms with Crippen LogP contribution in [-0.4, -0.2) is 41.8 Å². The fraction of sp³-hybridized carbons (Fsp3) is 0.462. The summed E-state index contributed by atoms with van der Waals surface area (Å²) in [6.45, 7) is 1.22. The van der Waals surface area contributed by atoms with Crippen molar-refractivity contribution in [2.75, 3.05) is 20.1 Å². The molecule has 1 aromatic rings. The summed E-state index contributed by atoms with van der Waals surface area (Å²) >= 11 is 0. The number of nitrogens with one attached hydrogen (secondary N) is 1. The van der Waals surface area contributed by atoms with Gasteiger partial charge in [-0.1, -0.05) is 0 Å². The Bertz CT molecular complexity index is 433. The molecule has 0 aromatic carbocycles. The van der Waals surface area contributed by atoms with Gasteiger partial charge in [0, 0.05) is 38.1 Å². The maximum Gasteiger partial charge on any atom is 0.253 e. The summed E-state index contributed by atoms with van der Waals surface area (Å²) in [4.78, 5) is 29.5. The molecule has 1 N–H and O–H groups in total. The van der Waals surface area contributed by atoms with E-state index in [-0.39, 0.29) is 17.7 Å². The van der Waals surface area contributed by atoms with Crippen LogP contribution in [0, 0.1) is 5.92 Å². The third-order valence-electron chi connectivity index (χ3n) is 3.25. The molecule has 0 aliphatic carbocycles. The van der Waals surface area contributed by atoms with Gasteiger partial charge in [0.05, 0.1) is 5.92 Å². The Morgan fingerprint density at radius 1 is 1.39 bits per heavy atom. The highest BCUT2D eigenvalue weighted by Gasteiger charge is 2.28. The number of pyridine rings is 1. The maximum atomic E-state index is 12.2. The number of hydrogen-bond donors (Lipinski definition) is 1. The van der Waals surface area contributed by atoms with Gasteiger partial charge in [-0.25, -0.2) is 0 Å². The number of carbonyl (C=O) groups is 2. The monoisotopic (exact) mass is 247 g/mol. The lowest BCUT2D eigenvalue weighted by atomic mass is 9.96. The fourth-order valence-electron chi connectivity index (χ4n) is 2.26. The number of amides is 2. The van der Waals surface area contributed by atoms with Crippen LogP contribution in [0.25, 0.3) is 0 Å². The van der Waals surface area contributed by atoms with E-state index in [2.05, 4.69) is 10.3 Å². The van der Waals surface area contributed by atoms with Gasteiger partial charge in [-0.05, 0) is 25.0 Å². The molecule has 5 heteroatoms. The van der Waals surface area contributed by atoms with Crippen molar-refractivity contribution in [1.29, 1.82) is 0 Å². The Hall–Kier alpha value is -1.91. The van der Waals surface area contributed by atoms with Gasteiger partial charge in [0.15, 0.2) is 0 Å². The number of nitrogens with zero attached hydrogens (tertiary/aromatic N) is 2. The van der Waals surface area contributed by atoms with Crippen molar-refractivity contribution in [3.63, 3.8) is 0 Å². The molecule has 0 saturated carbocycles. The number of piperidine rings is 1. The van der Waals surface area contributed by atoms with Gasteiger partial charge in [0.25, 0.3) is 5.91 Å². The fourth-order valence-corrected chi connectivity index (χ4v) is 2.26. The van der Waals surface area contributed by atoms with Crippen LogP contribution >= 0.6 is 0 Å². The molecule has 0 radical (unpaired) electrons. The van der Waals surface area contributed by atoms with E-state index in [9.17, 15) is 9.59 Å². The van der Waals surface area contributed by atoms with Crippen LogP contribution < -0.4 is 5.32 Å². The average molecular weight is 247 g/mol. The third kappa shape index (κ3) is 2.67. The second kappa shape index (κ2) is 5.62. The molecule has 1 aromatic heterocycles. The van der Waals surface area contributed by atoms with Crippen molar-refractivity contribution in [1.82, 2.24) is 15.2 Å². The molecule has 2 amide bonds. The molecule has 1 aliphatic heterocycles. The van der Waals surface area contributed by atoms with E-state index in [4.69, 9.17) is 0 Å². The zero-order chi connectivity index (χ0) is 13.0. The first-order chi connectivity index (χ1) is 8.72. The van der Waals surface area contributed by atoms with Gasteiger partial charge < -0.3 is 10.2 Å². The molecule has 2 heterocycles. The molecule has 1 saturated heterocycles. The summed E-state index contributed by atoms with van der Waals surface area (Å²) in [5.41, 5.74) is 0.627. The van der Waals surface area contributed by atoms with Crippen LogP contribution in [0.3, 0.4) is 0 Å². The van der Waals surface area contributed by atoms with Crippen molar-refractivity contribution < 1.29 is 9.59 Å². The summed E-state index contributed by atoms with van der Waals surface area (Å²) in [6, 6.07) is 3.40. The minimum absolute atomic E-state index is 0.0160. The highest BCUT2D eigenvalue weighted by atomic mass is 16.2. The first-order valence-corrected chi connectivity index (χ1v) is 6.13. The largest absolute Gasteiger partial charge is 0.359 e. The van der Waals surface area contributed by atoms with Crippen molar-refractivity contribution in [3.05, 3.63) is 30.1 Å². The first kappa shape index (κ1) is 12.5. The molecular weight excluding hydrogens is 230 g/mol. The summed E-state index contributed by atoms with van der Waals surface area (Å²) in [6.07, 6.45) is 4.93. The van der Waals surface area contributed by atoms with Crippen LogP contribution in [0.15, 0.2) is 24.5 Å². The average Bonchev–Trinajstić information content (AvgIpc) is 2.46. The van der Waals surface area contributed by atoms with Crippen LogP contribution in [-0.2, 0) is 4.79 Å². The minimum Gasteiger partial charge on any atom is -0.359 e. The van der Waals surface area contributed by atoms with Crippen LogP contribution in [0.5, 0.6) is 0 Å². The number of rotatable bonds is 2. The molecule has 96 valence electrons. The van der Waals surface area contributed by atoms with E-state index in [1.165, 1.54) is 0 Å². The number of carbonyl (C=O) groups excluding carboxylic acids is 2. The second-order valence-electron chi connectivity index (χ2n) is 4.44. The lowest BCUT2D eigenvalue weighted by molar-refractivity contribution is -0.125. The van der Waals surface area contributed by atoms with Crippen molar-refractivity contribution in [2.45, 2.75) is 12.8 Å². The predicted octanol–water partition coefficient (Wildman–Crippen LogP) is 0.680. The first-order valence-electron chi connectivity index (χ1n) is 6.13. The maximum absolute atomic E-state index is 12.2. The van der Waals surface area contributed by atoms with E-state index in [1.54, 1.807) is 36.5 Å². The molecule has 1 atom stereocenters. The van der Waals surface area contributed by atoms with Crippen LogP contribution in [0.4, 0.5) is 0 Å². The zero-order valence-electron chi connectivity index (χ0n) is 10.4. The van der Waals surface area contributed by atoms with Crippen LogP contribution in [0.2, 0.25) is 0 Å². The van der Waals surface area contributed by atoms with Crippen molar-refractivity contribution in [2.24, 2.45) is 5.92 Å².